The molecule has 72 valence electrons. The van der Waals surface area contributed by atoms with Gasteiger partial charge in [0.1, 0.15) is 5.82 Å². The highest BCUT2D eigenvalue weighted by Gasteiger charge is 2.23. The van der Waals surface area contributed by atoms with E-state index in [9.17, 15) is 0 Å². The summed E-state index contributed by atoms with van der Waals surface area (Å²) in [5.74, 6) is 1.15. The van der Waals surface area contributed by atoms with Crippen LogP contribution >= 0.6 is 0 Å². The van der Waals surface area contributed by atoms with Gasteiger partial charge in [0.05, 0.1) is 6.04 Å². The molecule has 0 aromatic carbocycles. The summed E-state index contributed by atoms with van der Waals surface area (Å²) in [6.07, 6.45) is 3.86. The molecular weight excluding hydrogens is 164 g/mol. The van der Waals surface area contributed by atoms with E-state index in [1.165, 1.54) is 0 Å². The number of imidazole rings is 1. The predicted molar refractivity (Wildman–Crippen MR) is 51.4 cm³/mol. The fourth-order valence-corrected chi connectivity index (χ4v) is 1.79. The van der Waals surface area contributed by atoms with Crippen LogP contribution in [0.1, 0.15) is 11.9 Å². The zero-order valence-corrected chi connectivity index (χ0v) is 8.20. The van der Waals surface area contributed by atoms with E-state index in [1.807, 2.05) is 19.4 Å². The fraction of sp³-hybridized carbons (Fsp3) is 0.667. The fourth-order valence-electron chi connectivity index (χ4n) is 1.79. The Morgan fingerprint density at radius 2 is 2.38 bits per heavy atom. The zero-order valence-electron chi connectivity index (χ0n) is 8.20. The summed E-state index contributed by atoms with van der Waals surface area (Å²) in [5.41, 5.74) is 0. The highest BCUT2D eigenvalue weighted by Crippen LogP contribution is 2.17. The Bertz CT molecular complexity index is 281. The topological polar surface area (TPSA) is 33.1 Å². The summed E-state index contributed by atoms with van der Waals surface area (Å²) >= 11 is 0. The van der Waals surface area contributed by atoms with Gasteiger partial charge in [-0.05, 0) is 7.05 Å². The van der Waals surface area contributed by atoms with Gasteiger partial charge in [0.2, 0.25) is 0 Å². The summed E-state index contributed by atoms with van der Waals surface area (Å²) in [5, 5.41) is 3.39. The maximum atomic E-state index is 4.37. The molecule has 1 aromatic rings. The van der Waals surface area contributed by atoms with E-state index in [1.54, 1.807) is 0 Å². The minimum atomic E-state index is 0.425. The average molecular weight is 180 g/mol. The van der Waals surface area contributed by atoms with Crippen molar-refractivity contribution in [2.75, 3.05) is 26.7 Å². The lowest BCUT2D eigenvalue weighted by Gasteiger charge is -2.32. The van der Waals surface area contributed by atoms with Crippen molar-refractivity contribution in [2.24, 2.45) is 7.05 Å². The van der Waals surface area contributed by atoms with Crippen LogP contribution in [-0.4, -0.2) is 41.1 Å². The number of hydrogen-bond acceptors (Lipinski definition) is 3. The van der Waals surface area contributed by atoms with E-state index in [0.29, 0.717) is 6.04 Å². The summed E-state index contributed by atoms with van der Waals surface area (Å²) in [6.45, 7) is 3.18. The van der Waals surface area contributed by atoms with Gasteiger partial charge in [0.25, 0.3) is 0 Å². The molecule has 1 N–H and O–H groups in total. The summed E-state index contributed by atoms with van der Waals surface area (Å²) in [4.78, 5) is 6.72. The van der Waals surface area contributed by atoms with Crippen molar-refractivity contribution in [3.8, 4) is 0 Å². The number of aryl methyl sites for hydroxylation is 1. The Labute approximate surface area is 78.6 Å². The van der Waals surface area contributed by atoms with Crippen molar-refractivity contribution in [1.29, 1.82) is 0 Å². The zero-order chi connectivity index (χ0) is 9.26. The molecule has 0 saturated carbocycles. The van der Waals surface area contributed by atoms with Crippen LogP contribution in [-0.2, 0) is 7.05 Å². The van der Waals surface area contributed by atoms with Crippen LogP contribution in [0, 0.1) is 0 Å². The number of nitrogens with zero attached hydrogens (tertiary/aromatic N) is 3. The van der Waals surface area contributed by atoms with Gasteiger partial charge in [0.15, 0.2) is 0 Å². The number of hydrogen-bond donors (Lipinski definition) is 1. The predicted octanol–water partition coefficient (Wildman–Crippen LogP) is -0.00380. The standard InChI is InChI=1S/C9H16N4/c1-12-5-3-10-7-8(12)9-11-4-6-13(9)2/h4,6,8,10H,3,5,7H2,1-2H3/t8-/m0/s1. The number of likely N-dealkylation sites (N-methyl/N-ethyl adjacent to an activating group) is 1. The van der Waals surface area contributed by atoms with Gasteiger partial charge in [-0.25, -0.2) is 4.98 Å². The highest BCUT2D eigenvalue weighted by atomic mass is 15.2. The molecule has 0 amide bonds. The quantitative estimate of drug-likeness (QED) is 0.660. The van der Waals surface area contributed by atoms with Crippen molar-refractivity contribution in [1.82, 2.24) is 19.8 Å². The van der Waals surface area contributed by atoms with E-state index in [2.05, 4.69) is 26.8 Å². The van der Waals surface area contributed by atoms with Crippen molar-refractivity contribution in [2.45, 2.75) is 6.04 Å². The largest absolute Gasteiger partial charge is 0.337 e. The number of aromatic nitrogens is 2. The summed E-state index contributed by atoms with van der Waals surface area (Å²) in [7, 11) is 4.20. The molecule has 4 heteroatoms. The van der Waals surface area contributed by atoms with Gasteiger partial charge in [0, 0.05) is 39.1 Å². The van der Waals surface area contributed by atoms with Crippen molar-refractivity contribution in [3.05, 3.63) is 18.2 Å². The maximum Gasteiger partial charge on any atom is 0.127 e. The minimum Gasteiger partial charge on any atom is -0.337 e. The second kappa shape index (κ2) is 3.47. The molecule has 0 radical (unpaired) electrons. The van der Waals surface area contributed by atoms with Gasteiger partial charge in [-0.1, -0.05) is 0 Å². The van der Waals surface area contributed by atoms with Crippen LogP contribution in [0.4, 0.5) is 0 Å². The second-order valence-corrected chi connectivity index (χ2v) is 3.60. The monoisotopic (exact) mass is 180 g/mol. The smallest absolute Gasteiger partial charge is 0.127 e. The highest BCUT2D eigenvalue weighted by molar-refractivity contribution is 5.01. The number of rotatable bonds is 1. The first kappa shape index (κ1) is 8.72. The van der Waals surface area contributed by atoms with E-state index in [0.717, 1.165) is 25.5 Å². The Balaban J connectivity index is 2.19. The molecule has 1 atom stereocenters. The molecular formula is C9H16N4. The van der Waals surface area contributed by atoms with Crippen LogP contribution in [0.25, 0.3) is 0 Å². The van der Waals surface area contributed by atoms with Crippen molar-refractivity contribution in [3.63, 3.8) is 0 Å². The first-order valence-corrected chi connectivity index (χ1v) is 4.67. The van der Waals surface area contributed by atoms with Gasteiger partial charge >= 0.3 is 0 Å². The van der Waals surface area contributed by atoms with E-state index >= 15 is 0 Å². The molecule has 2 rings (SSSR count). The third kappa shape index (κ3) is 1.59. The van der Waals surface area contributed by atoms with Gasteiger partial charge in [-0.2, -0.15) is 0 Å². The molecule has 0 aliphatic carbocycles. The SMILES string of the molecule is CN1CCNC[C@H]1c1nccn1C. The molecule has 0 bridgehead atoms. The Kier molecular flexibility index (Phi) is 2.33. The third-order valence-corrected chi connectivity index (χ3v) is 2.67. The summed E-state index contributed by atoms with van der Waals surface area (Å²) in [6, 6.07) is 0.425. The van der Waals surface area contributed by atoms with Crippen molar-refractivity contribution >= 4 is 0 Å². The number of nitrogens with one attached hydrogen (secondary N) is 1. The molecule has 4 nitrogen and oxygen atoms in total. The lowest BCUT2D eigenvalue weighted by molar-refractivity contribution is 0.191. The molecule has 2 heterocycles. The Morgan fingerprint density at radius 3 is 3.00 bits per heavy atom. The molecule has 1 aromatic heterocycles. The second-order valence-electron chi connectivity index (χ2n) is 3.60. The van der Waals surface area contributed by atoms with Gasteiger partial charge < -0.3 is 9.88 Å². The average Bonchev–Trinajstić information content (AvgIpc) is 2.52. The molecule has 0 spiro atoms. The lowest BCUT2D eigenvalue weighted by Crippen LogP contribution is -2.44. The molecule has 1 saturated heterocycles. The molecule has 1 aliphatic rings. The Morgan fingerprint density at radius 1 is 1.54 bits per heavy atom. The molecule has 1 aliphatic heterocycles. The maximum absolute atomic E-state index is 4.37. The van der Waals surface area contributed by atoms with Crippen LogP contribution in [0.3, 0.4) is 0 Å². The first-order valence-electron chi connectivity index (χ1n) is 4.67. The normalized spacial score (nSPS) is 24.9. The van der Waals surface area contributed by atoms with E-state index < -0.39 is 0 Å². The van der Waals surface area contributed by atoms with Gasteiger partial charge in [-0.15, -0.1) is 0 Å². The molecule has 1 fully saturated rings. The van der Waals surface area contributed by atoms with Crippen LogP contribution in [0.5, 0.6) is 0 Å². The van der Waals surface area contributed by atoms with Crippen LogP contribution in [0.15, 0.2) is 12.4 Å². The van der Waals surface area contributed by atoms with E-state index in [-0.39, 0.29) is 0 Å². The lowest BCUT2D eigenvalue weighted by atomic mass is 10.2. The third-order valence-electron chi connectivity index (χ3n) is 2.67. The van der Waals surface area contributed by atoms with Crippen molar-refractivity contribution < 1.29 is 0 Å². The summed E-state index contributed by atoms with van der Waals surface area (Å²) < 4.78 is 2.09. The van der Waals surface area contributed by atoms with E-state index in [4.69, 9.17) is 0 Å². The molecule has 0 unspecified atom stereocenters. The molecule has 13 heavy (non-hydrogen) atoms. The van der Waals surface area contributed by atoms with Crippen LogP contribution in [0.2, 0.25) is 0 Å². The minimum absolute atomic E-state index is 0.425. The van der Waals surface area contributed by atoms with Gasteiger partial charge in [-0.3, -0.25) is 4.90 Å². The van der Waals surface area contributed by atoms with Crippen LogP contribution < -0.4 is 5.32 Å². The first-order chi connectivity index (χ1) is 6.29. The number of piperazine rings is 1. The Hall–Kier alpha value is -0.870.